The SMILES string of the molecule is CCCCN(CC)CCNC(=O)[C@@H]1c2ccccc2C(=O)N(CCOC)[C@@H]1c1cccs1. The Labute approximate surface area is 195 Å². The van der Waals surface area contributed by atoms with Gasteiger partial charge in [0.2, 0.25) is 5.91 Å². The van der Waals surface area contributed by atoms with Gasteiger partial charge in [-0.05, 0) is 42.6 Å². The van der Waals surface area contributed by atoms with Gasteiger partial charge in [0.05, 0.1) is 18.6 Å². The Morgan fingerprint density at radius 3 is 2.69 bits per heavy atom. The Morgan fingerprint density at radius 1 is 1.19 bits per heavy atom. The maximum absolute atomic E-state index is 13.6. The standard InChI is InChI=1S/C25H35N3O3S/c1-4-6-14-27(5-2)15-13-26-24(29)22-19-10-7-8-11-20(19)25(30)28(16-17-31-3)23(22)21-12-9-18-32-21/h7-12,18,22-23H,4-6,13-17H2,1-3H3,(H,26,29)/t22-,23-/m1/s1. The van der Waals surface area contributed by atoms with Crippen molar-refractivity contribution in [1.29, 1.82) is 0 Å². The molecule has 6 nitrogen and oxygen atoms in total. The van der Waals surface area contributed by atoms with Crippen molar-refractivity contribution < 1.29 is 14.3 Å². The van der Waals surface area contributed by atoms with Crippen LogP contribution >= 0.6 is 11.3 Å². The topological polar surface area (TPSA) is 61.9 Å². The first kappa shape index (κ1) is 24.4. The average Bonchev–Trinajstić information content (AvgIpc) is 3.35. The number of carbonyl (C=O) groups excluding carboxylic acids is 2. The smallest absolute Gasteiger partial charge is 0.254 e. The molecule has 1 N–H and O–H groups in total. The second-order valence-corrected chi connectivity index (χ2v) is 9.07. The number of thiophene rings is 1. The third-order valence-corrected chi connectivity index (χ3v) is 7.04. The molecule has 174 valence electrons. The summed E-state index contributed by atoms with van der Waals surface area (Å²) >= 11 is 1.58. The van der Waals surface area contributed by atoms with Crippen LogP contribution in [-0.2, 0) is 9.53 Å². The van der Waals surface area contributed by atoms with E-state index in [2.05, 4.69) is 24.1 Å². The van der Waals surface area contributed by atoms with E-state index in [9.17, 15) is 9.59 Å². The highest BCUT2D eigenvalue weighted by molar-refractivity contribution is 7.10. The predicted octanol–water partition coefficient (Wildman–Crippen LogP) is 3.91. The summed E-state index contributed by atoms with van der Waals surface area (Å²) in [5.74, 6) is -0.528. The lowest BCUT2D eigenvalue weighted by Crippen LogP contribution is -2.49. The molecule has 1 aromatic carbocycles. The van der Waals surface area contributed by atoms with Crippen molar-refractivity contribution >= 4 is 23.2 Å². The van der Waals surface area contributed by atoms with E-state index in [0.29, 0.717) is 25.3 Å². The van der Waals surface area contributed by atoms with Gasteiger partial charge >= 0.3 is 0 Å². The molecule has 7 heteroatoms. The van der Waals surface area contributed by atoms with Crippen LogP contribution in [0.5, 0.6) is 0 Å². The van der Waals surface area contributed by atoms with Gasteiger partial charge in [-0.3, -0.25) is 9.59 Å². The third-order valence-electron chi connectivity index (χ3n) is 6.09. The van der Waals surface area contributed by atoms with Crippen LogP contribution in [-0.4, -0.2) is 68.1 Å². The second kappa shape index (κ2) is 12.1. The molecule has 0 bridgehead atoms. The molecule has 1 aromatic heterocycles. The Balaban J connectivity index is 1.87. The Bertz CT molecular complexity index is 871. The van der Waals surface area contributed by atoms with Crippen LogP contribution in [0, 0.1) is 0 Å². The lowest BCUT2D eigenvalue weighted by molar-refractivity contribution is -0.124. The summed E-state index contributed by atoms with van der Waals surface area (Å²) in [7, 11) is 1.63. The minimum absolute atomic E-state index is 0.0303. The monoisotopic (exact) mass is 457 g/mol. The number of ether oxygens (including phenoxy) is 1. The average molecular weight is 458 g/mol. The number of amides is 2. The van der Waals surface area contributed by atoms with Crippen molar-refractivity contribution in [3.05, 3.63) is 57.8 Å². The van der Waals surface area contributed by atoms with Crippen LogP contribution < -0.4 is 5.32 Å². The van der Waals surface area contributed by atoms with Gasteiger partial charge < -0.3 is 19.9 Å². The van der Waals surface area contributed by atoms with Gasteiger partial charge in [0.15, 0.2) is 0 Å². The number of hydrogen-bond donors (Lipinski definition) is 1. The van der Waals surface area contributed by atoms with E-state index in [-0.39, 0.29) is 17.9 Å². The highest BCUT2D eigenvalue weighted by Crippen LogP contribution is 2.44. The van der Waals surface area contributed by atoms with E-state index in [4.69, 9.17) is 4.74 Å². The molecule has 2 atom stereocenters. The Morgan fingerprint density at radius 2 is 2.00 bits per heavy atom. The first-order valence-corrected chi connectivity index (χ1v) is 12.4. The fraction of sp³-hybridized carbons (Fsp3) is 0.520. The summed E-state index contributed by atoms with van der Waals surface area (Å²) in [5.41, 5.74) is 1.41. The molecular formula is C25H35N3O3S. The third kappa shape index (κ3) is 5.57. The number of fused-ring (bicyclic) bond motifs is 1. The number of carbonyl (C=O) groups is 2. The van der Waals surface area contributed by atoms with E-state index in [1.54, 1.807) is 18.4 Å². The van der Waals surface area contributed by atoms with Crippen molar-refractivity contribution in [2.24, 2.45) is 0 Å². The van der Waals surface area contributed by atoms with Crippen molar-refractivity contribution in [2.75, 3.05) is 46.4 Å². The minimum Gasteiger partial charge on any atom is -0.383 e. The van der Waals surface area contributed by atoms with Crippen molar-refractivity contribution in [3.8, 4) is 0 Å². The van der Waals surface area contributed by atoms with Crippen molar-refractivity contribution in [1.82, 2.24) is 15.1 Å². The fourth-order valence-corrected chi connectivity index (χ4v) is 5.22. The molecule has 32 heavy (non-hydrogen) atoms. The molecule has 2 aromatic rings. The van der Waals surface area contributed by atoms with Crippen LogP contribution in [0.3, 0.4) is 0 Å². The van der Waals surface area contributed by atoms with Crippen LogP contribution in [0.4, 0.5) is 0 Å². The highest BCUT2D eigenvalue weighted by Gasteiger charge is 2.44. The first-order chi connectivity index (χ1) is 15.6. The van der Waals surface area contributed by atoms with Crippen LogP contribution in [0.25, 0.3) is 0 Å². The van der Waals surface area contributed by atoms with E-state index in [1.807, 2.05) is 46.7 Å². The largest absolute Gasteiger partial charge is 0.383 e. The molecule has 2 heterocycles. The lowest BCUT2D eigenvalue weighted by atomic mass is 9.81. The van der Waals surface area contributed by atoms with Crippen LogP contribution in [0.15, 0.2) is 41.8 Å². The van der Waals surface area contributed by atoms with E-state index >= 15 is 0 Å². The minimum atomic E-state index is -0.454. The zero-order valence-electron chi connectivity index (χ0n) is 19.4. The molecule has 0 saturated heterocycles. The highest BCUT2D eigenvalue weighted by atomic mass is 32.1. The number of nitrogens with one attached hydrogen (secondary N) is 1. The number of rotatable bonds is 12. The maximum Gasteiger partial charge on any atom is 0.254 e. The molecule has 0 saturated carbocycles. The molecule has 0 aliphatic carbocycles. The van der Waals surface area contributed by atoms with Gasteiger partial charge in [-0.15, -0.1) is 11.3 Å². The van der Waals surface area contributed by atoms with Crippen LogP contribution in [0.2, 0.25) is 0 Å². The normalized spacial score (nSPS) is 18.1. The fourth-order valence-electron chi connectivity index (χ4n) is 4.34. The van der Waals surface area contributed by atoms with Crippen molar-refractivity contribution in [3.63, 3.8) is 0 Å². The molecule has 3 rings (SSSR count). The zero-order valence-corrected chi connectivity index (χ0v) is 20.2. The summed E-state index contributed by atoms with van der Waals surface area (Å²) in [6, 6.07) is 11.2. The number of methoxy groups -OCH3 is 1. The van der Waals surface area contributed by atoms with Crippen molar-refractivity contribution in [2.45, 2.75) is 38.6 Å². The summed E-state index contributed by atoms with van der Waals surface area (Å²) in [6.45, 7) is 8.65. The van der Waals surface area contributed by atoms with Gasteiger partial charge in [-0.25, -0.2) is 0 Å². The van der Waals surface area contributed by atoms with Gasteiger partial charge in [0, 0.05) is 37.2 Å². The maximum atomic E-state index is 13.6. The summed E-state index contributed by atoms with van der Waals surface area (Å²) in [4.78, 5) is 32.1. The zero-order chi connectivity index (χ0) is 22.9. The molecular weight excluding hydrogens is 422 g/mol. The molecule has 0 radical (unpaired) electrons. The quantitative estimate of drug-likeness (QED) is 0.525. The summed E-state index contributed by atoms with van der Waals surface area (Å²) in [6.07, 6.45) is 2.32. The molecule has 0 unspecified atom stereocenters. The van der Waals surface area contributed by atoms with E-state index in [0.717, 1.165) is 42.9 Å². The summed E-state index contributed by atoms with van der Waals surface area (Å²) < 4.78 is 5.28. The van der Waals surface area contributed by atoms with Gasteiger partial charge in [-0.1, -0.05) is 44.5 Å². The number of unbranched alkanes of at least 4 members (excludes halogenated alkanes) is 1. The summed E-state index contributed by atoms with van der Waals surface area (Å²) in [5, 5.41) is 5.17. The molecule has 2 amide bonds. The molecule has 0 spiro atoms. The van der Waals surface area contributed by atoms with Gasteiger partial charge in [0.25, 0.3) is 5.91 Å². The Hall–Kier alpha value is -2.22. The number of nitrogens with zero attached hydrogens (tertiary/aromatic N) is 2. The predicted molar refractivity (Wildman–Crippen MR) is 129 cm³/mol. The lowest BCUT2D eigenvalue weighted by Gasteiger charge is -2.41. The van der Waals surface area contributed by atoms with Gasteiger partial charge in [-0.2, -0.15) is 0 Å². The molecule has 1 aliphatic rings. The van der Waals surface area contributed by atoms with E-state index in [1.165, 1.54) is 0 Å². The van der Waals surface area contributed by atoms with Crippen LogP contribution in [0.1, 0.15) is 59.4 Å². The molecule has 1 aliphatic heterocycles. The second-order valence-electron chi connectivity index (χ2n) is 8.10. The number of hydrogen-bond acceptors (Lipinski definition) is 5. The Kier molecular flexibility index (Phi) is 9.26. The van der Waals surface area contributed by atoms with Gasteiger partial charge in [0.1, 0.15) is 0 Å². The van der Waals surface area contributed by atoms with E-state index < -0.39 is 5.92 Å². The molecule has 0 fully saturated rings. The first-order valence-electron chi connectivity index (χ1n) is 11.5. The number of benzene rings is 1. The number of likely N-dealkylation sites (N-methyl/N-ethyl adjacent to an activating group) is 1.